The minimum absolute atomic E-state index is 0. The fourth-order valence-corrected chi connectivity index (χ4v) is 1.17. The van der Waals surface area contributed by atoms with Crippen LogP contribution in [0.5, 0.6) is 5.75 Å². The second kappa shape index (κ2) is 4.70. The lowest BCUT2D eigenvalue weighted by atomic mass is 10.2. The van der Waals surface area contributed by atoms with Crippen molar-refractivity contribution in [1.29, 1.82) is 0 Å². The molecular formula is C9H13Cl2NO. The van der Waals surface area contributed by atoms with E-state index in [1.165, 1.54) is 0 Å². The van der Waals surface area contributed by atoms with Gasteiger partial charge in [-0.3, -0.25) is 4.48 Å². The van der Waals surface area contributed by atoms with Crippen LogP contribution in [0.2, 0.25) is 0 Å². The van der Waals surface area contributed by atoms with E-state index in [4.69, 9.17) is 11.6 Å². The van der Waals surface area contributed by atoms with Crippen molar-refractivity contribution in [2.45, 2.75) is 0 Å². The van der Waals surface area contributed by atoms with Gasteiger partial charge in [0, 0.05) is 6.07 Å². The largest absolute Gasteiger partial charge is 1.00 e. The SMILES string of the molecule is C[N+](C)(CCl)c1ccccc1O.[Cl-]. The van der Waals surface area contributed by atoms with Gasteiger partial charge in [0.05, 0.1) is 14.1 Å². The molecule has 13 heavy (non-hydrogen) atoms. The van der Waals surface area contributed by atoms with Crippen LogP contribution >= 0.6 is 11.6 Å². The van der Waals surface area contributed by atoms with Gasteiger partial charge in [-0.1, -0.05) is 23.7 Å². The average molecular weight is 222 g/mol. The molecule has 0 aliphatic rings. The number of phenols is 1. The smallest absolute Gasteiger partial charge is 0.177 e. The summed E-state index contributed by atoms with van der Waals surface area (Å²) in [6.45, 7) is 0. The molecule has 0 aliphatic heterocycles. The zero-order valence-electron chi connectivity index (χ0n) is 7.67. The highest BCUT2D eigenvalue weighted by Gasteiger charge is 2.20. The van der Waals surface area contributed by atoms with E-state index in [0.717, 1.165) is 5.69 Å². The molecule has 4 heteroatoms. The fourth-order valence-electron chi connectivity index (χ4n) is 1.04. The molecule has 0 heterocycles. The molecule has 0 aromatic heterocycles. The lowest BCUT2D eigenvalue weighted by molar-refractivity contribution is -0.00000370. The van der Waals surface area contributed by atoms with Crippen LogP contribution in [0.15, 0.2) is 24.3 Å². The van der Waals surface area contributed by atoms with Crippen LogP contribution < -0.4 is 16.9 Å². The molecule has 1 aromatic rings. The number of nitrogens with zero attached hydrogens (tertiary/aromatic N) is 1. The van der Waals surface area contributed by atoms with Gasteiger partial charge in [0.2, 0.25) is 0 Å². The van der Waals surface area contributed by atoms with Crippen molar-refractivity contribution in [3.05, 3.63) is 24.3 Å². The topological polar surface area (TPSA) is 20.2 Å². The predicted octanol–water partition coefficient (Wildman–Crippen LogP) is -0.841. The van der Waals surface area contributed by atoms with E-state index in [-0.39, 0.29) is 12.4 Å². The molecule has 1 N–H and O–H groups in total. The van der Waals surface area contributed by atoms with Gasteiger partial charge in [0.1, 0.15) is 0 Å². The molecule has 0 saturated carbocycles. The Hall–Kier alpha value is -0.440. The van der Waals surface area contributed by atoms with Crippen LogP contribution in [0, 0.1) is 0 Å². The molecular weight excluding hydrogens is 209 g/mol. The molecule has 0 fully saturated rings. The van der Waals surface area contributed by atoms with Crippen molar-refractivity contribution in [3.63, 3.8) is 0 Å². The van der Waals surface area contributed by atoms with E-state index in [1.54, 1.807) is 12.1 Å². The summed E-state index contributed by atoms with van der Waals surface area (Å²) in [6, 6.07) is 7.67. The highest BCUT2D eigenvalue weighted by molar-refractivity contribution is 6.18. The van der Waals surface area contributed by atoms with Crippen LogP contribution in [0.25, 0.3) is 0 Å². The summed E-state index contributed by atoms with van der Waals surface area (Å²) in [4.78, 5) is 0. The van der Waals surface area contributed by atoms with E-state index in [9.17, 15) is 5.11 Å². The predicted molar refractivity (Wildman–Crippen MR) is 52.5 cm³/mol. The van der Waals surface area contributed by atoms with Crippen LogP contribution in [0.1, 0.15) is 0 Å². The Morgan fingerprint density at radius 3 is 2.31 bits per heavy atom. The first-order chi connectivity index (χ1) is 5.58. The Morgan fingerprint density at radius 1 is 1.31 bits per heavy atom. The molecule has 0 amide bonds. The maximum Gasteiger partial charge on any atom is 0.177 e. The van der Waals surface area contributed by atoms with Gasteiger partial charge in [-0.2, -0.15) is 0 Å². The summed E-state index contributed by atoms with van der Waals surface area (Å²) in [5, 5.41) is 9.50. The van der Waals surface area contributed by atoms with Crippen LogP contribution in [-0.2, 0) is 0 Å². The number of para-hydroxylation sites is 2. The van der Waals surface area contributed by atoms with Gasteiger partial charge in [-0.05, 0) is 6.07 Å². The highest BCUT2D eigenvalue weighted by Crippen LogP contribution is 2.29. The lowest BCUT2D eigenvalue weighted by Gasteiger charge is -2.26. The van der Waals surface area contributed by atoms with E-state index >= 15 is 0 Å². The van der Waals surface area contributed by atoms with Crippen LogP contribution in [-0.4, -0.2) is 25.2 Å². The fraction of sp³-hybridized carbons (Fsp3) is 0.333. The van der Waals surface area contributed by atoms with Crippen molar-refractivity contribution in [1.82, 2.24) is 4.48 Å². The standard InChI is InChI=1S/C9H12ClNO.ClH/c1-11(2,7-10)8-5-3-4-6-9(8)12;/h3-6H,7H2,1-2H3;1H. The van der Waals surface area contributed by atoms with E-state index in [2.05, 4.69) is 0 Å². The molecule has 0 atom stereocenters. The maximum absolute atomic E-state index is 9.50. The minimum atomic E-state index is 0. The molecule has 2 nitrogen and oxygen atoms in total. The van der Waals surface area contributed by atoms with Gasteiger partial charge < -0.3 is 17.5 Å². The minimum Gasteiger partial charge on any atom is -1.00 e. The maximum atomic E-state index is 9.50. The summed E-state index contributed by atoms with van der Waals surface area (Å²) in [7, 11) is 3.89. The number of alkyl halides is 1. The third kappa shape index (κ3) is 2.76. The van der Waals surface area contributed by atoms with E-state index < -0.39 is 0 Å². The first kappa shape index (κ1) is 12.6. The Bertz CT molecular complexity index is 276. The second-order valence-corrected chi connectivity index (χ2v) is 3.53. The van der Waals surface area contributed by atoms with Crippen molar-refractivity contribution >= 4 is 17.3 Å². The quantitative estimate of drug-likeness (QED) is 0.393. The number of phenolic OH excluding ortho intramolecular Hbond substituents is 1. The molecule has 0 radical (unpaired) electrons. The molecule has 74 valence electrons. The van der Waals surface area contributed by atoms with Crippen molar-refractivity contribution in [2.75, 3.05) is 20.1 Å². The van der Waals surface area contributed by atoms with Crippen molar-refractivity contribution < 1.29 is 17.5 Å². The number of quaternary nitrogens is 1. The highest BCUT2D eigenvalue weighted by atomic mass is 35.5. The number of hydrogen-bond acceptors (Lipinski definition) is 1. The lowest BCUT2D eigenvalue weighted by Crippen LogP contribution is -3.00. The third-order valence-corrected chi connectivity index (χ3v) is 2.43. The number of halogens is 2. The average Bonchev–Trinajstić information content (AvgIpc) is 2.05. The molecule has 0 saturated heterocycles. The summed E-state index contributed by atoms with van der Waals surface area (Å²) in [6.07, 6.45) is 0. The summed E-state index contributed by atoms with van der Waals surface area (Å²) in [5.41, 5.74) is 0.840. The summed E-state index contributed by atoms with van der Waals surface area (Å²) < 4.78 is 0.480. The molecule has 1 aromatic carbocycles. The Balaban J connectivity index is 0.00000144. The second-order valence-electron chi connectivity index (χ2n) is 3.29. The van der Waals surface area contributed by atoms with Crippen LogP contribution in [0.4, 0.5) is 5.69 Å². The van der Waals surface area contributed by atoms with Gasteiger partial charge in [0.25, 0.3) is 0 Å². The zero-order chi connectivity index (χ0) is 9.19. The van der Waals surface area contributed by atoms with E-state index in [1.807, 2.05) is 26.2 Å². The Labute approximate surface area is 89.7 Å². The van der Waals surface area contributed by atoms with Gasteiger partial charge >= 0.3 is 0 Å². The van der Waals surface area contributed by atoms with Crippen LogP contribution in [0.3, 0.4) is 0 Å². The monoisotopic (exact) mass is 221 g/mol. The molecule has 0 spiro atoms. The third-order valence-electron chi connectivity index (χ3n) is 1.83. The first-order valence-electron chi connectivity index (χ1n) is 3.75. The number of rotatable bonds is 2. The van der Waals surface area contributed by atoms with Crippen molar-refractivity contribution in [3.8, 4) is 5.75 Å². The molecule has 0 unspecified atom stereocenters. The molecule has 0 bridgehead atoms. The first-order valence-corrected chi connectivity index (χ1v) is 4.29. The van der Waals surface area contributed by atoms with Crippen molar-refractivity contribution in [2.24, 2.45) is 0 Å². The molecule has 1 rings (SSSR count). The Morgan fingerprint density at radius 2 is 1.85 bits per heavy atom. The van der Waals surface area contributed by atoms with Gasteiger partial charge in [0.15, 0.2) is 17.4 Å². The summed E-state index contributed by atoms with van der Waals surface area (Å²) >= 11 is 5.76. The van der Waals surface area contributed by atoms with E-state index in [0.29, 0.717) is 16.2 Å². The summed E-state index contributed by atoms with van der Waals surface area (Å²) in [5.74, 6) is 0.295. The normalized spacial score (nSPS) is 10.7. The Kier molecular flexibility index (Phi) is 4.54. The number of aromatic hydroxyl groups is 1. The van der Waals surface area contributed by atoms with Gasteiger partial charge in [-0.15, -0.1) is 0 Å². The number of benzene rings is 1. The molecule has 0 aliphatic carbocycles. The van der Waals surface area contributed by atoms with Gasteiger partial charge in [-0.25, -0.2) is 0 Å². The number of hydrogen-bond donors (Lipinski definition) is 1. The zero-order valence-corrected chi connectivity index (χ0v) is 9.18.